The largest absolute Gasteiger partial charge is 0.508 e. The molecule has 1 unspecified atom stereocenters. The number of terminal acetylenes is 1. The van der Waals surface area contributed by atoms with E-state index in [0.29, 0.717) is 55.7 Å². The molecule has 11 nitrogen and oxygen atoms in total. The number of rotatable bonds is 8. The smallest absolute Gasteiger partial charge is 0.319 e. The van der Waals surface area contributed by atoms with Crippen LogP contribution < -0.4 is 20.3 Å². The van der Waals surface area contributed by atoms with Gasteiger partial charge in [-0.1, -0.05) is 36.3 Å². The highest BCUT2D eigenvalue weighted by Crippen LogP contribution is 2.39. The molecule has 286 valence electrons. The lowest BCUT2D eigenvalue weighted by Gasteiger charge is -2.34. The van der Waals surface area contributed by atoms with E-state index in [4.69, 9.17) is 16.1 Å². The number of benzene rings is 3. The maximum Gasteiger partial charge on any atom is 0.319 e. The van der Waals surface area contributed by atoms with Crippen LogP contribution in [0.4, 0.5) is 14.6 Å². The maximum absolute atomic E-state index is 16.9. The Labute approximate surface area is 322 Å². The molecule has 4 fully saturated rings. The first-order valence-corrected chi connectivity index (χ1v) is 19.3. The zero-order valence-corrected chi connectivity index (χ0v) is 30.7. The van der Waals surface area contributed by atoms with E-state index >= 15 is 4.39 Å². The lowest BCUT2D eigenvalue weighted by Crippen LogP contribution is -2.51. The molecule has 3 atom stereocenters. The SMILES string of the molecule is C#Cc1c(F)ccc2cc(O)cc(-c3ncc4c(N5C[C@H]6CC[C@@H](C5)N6)nc(OCC5CCN(Cc6ccccc6C6CCC(=O)NC6=O)CC5)nc4c3F)c12. The van der Waals surface area contributed by atoms with E-state index < -0.39 is 11.6 Å². The monoisotopic (exact) mass is 757 g/mol. The Kier molecular flexibility index (Phi) is 9.47. The minimum Gasteiger partial charge on any atom is -0.508 e. The standard InChI is InChI=1S/C43H41F2N7O4/c1-2-30-35(44)11-7-25-17-29(53)18-33(37(25)30)39-38(45)40-34(19-46-39)41(52-21-27-8-9-28(22-52)47-27)50-43(49-40)56-23-24-13-15-51(16-14-24)20-26-5-3-4-6-31(26)32-10-12-36(54)48-42(32)55/h1,3-7,11,17-19,24,27-28,32,47,53H,8-10,12-16,20-23H2,(H,48,54,55)/t27-,28+,32?. The summed E-state index contributed by atoms with van der Waals surface area (Å²) >= 11 is 0. The molecular formula is C43H41F2N7O4. The second-order valence-electron chi connectivity index (χ2n) is 15.4. The summed E-state index contributed by atoms with van der Waals surface area (Å²) in [5.74, 6) is 0.823. The minimum absolute atomic E-state index is 0.0144. The fraction of sp³-hybridized carbons (Fsp3) is 0.372. The third-order valence-electron chi connectivity index (χ3n) is 11.8. The summed E-state index contributed by atoms with van der Waals surface area (Å²) in [7, 11) is 0. The van der Waals surface area contributed by atoms with Crippen molar-refractivity contribution in [2.45, 2.75) is 63.1 Å². The number of ether oxygens (including phenoxy) is 1. The van der Waals surface area contributed by atoms with Gasteiger partial charge in [0, 0.05) is 55.3 Å². The van der Waals surface area contributed by atoms with E-state index in [-0.39, 0.29) is 75.2 Å². The lowest BCUT2D eigenvalue weighted by atomic mass is 9.87. The summed E-state index contributed by atoms with van der Waals surface area (Å²) in [6.45, 7) is 4.09. The molecule has 0 radical (unpaired) electrons. The van der Waals surface area contributed by atoms with Gasteiger partial charge < -0.3 is 20.1 Å². The van der Waals surface area contributed by atoms with Crippen LogP contribution in [0.1, 0.15) is 61.1 Å². The number of imide groups is 1. The van der Waals surface area contributed by atoms with Crippen molar-refractivity contribution in [2.75, 3.05) is 37.7 Å². The molecule has 3 N–H and O–H groups in total. The molecule has 9 rings (SSSR count). The molecule has 56 heavy (non-hydrogen) atoms. The summed E-state index contributed by atoms with van der Waals surface area (Å²) in [4.78, 5) is 43.0. The summed E-state index contributed by atoms with van der Waals surface area (Å²) in [5, 5.41) is 17.9. The second-order valence-corrected chi connectivity index (χ2v) is 15.4. The molecule has 2 aromatic heterocycles. The van der Waals surface area contributed by atoms with Gasteiger partial charge in [0.05, 0.1) is 23.5 Å². The number of pyridine rings is 1. The number of hydrogen-bond acceptors (Lipinski definition) is 10. The predicted molar refractivity (Wildman–Crippen MR) is 207 cm³/mol. The highest BCUT2D eigenvalue weighted by atomic mass is 19.1. The molecule has 0 saturated carbocycles. The van der Waals surface area contributed by atoms with Crippen molar-refractivity contribution < 1.29 is 28.2 Å². The third-order valence-corrected chi connectivity index (χ3v) is 11.8. The summed E-state index contributed by atoms with van der Waals surface area (Å²) in [5.41, 5.74) is 2.05. The molecule has 13 heteroatoms. The minimum atomic E-state index is -0.751. The number of phenols is 1. The van der Waals surface area contributed by atoms with Crippen LogP contribution in [-0.4, -0.2) is 81.6 Å². The molecule has 0 spiro atoms. The topological polar surface area (TPSA) is 133 Å². The number of hydrogen-bond donors (Lipinski definition) is 3. The summed E-state index contributed by atoms with van der Waals surface area (Å²) < 4.78 is 38.2. The number of carbonyl (C=O) groups excluding carboxylic acids is 2. The van der Waals surface area contributed by atoms with Crippen molar-refractivity contribution in [3.63, 3.8) is 0 Å². The van der Waals surface area contributed by atoms with Crippen LogP contribution in [0.5, 0.6) is 11.8 Å². The third kappa shape index (κ3) is 6.77. The molecular weight excluding hydrogens is 717 g/mol. The van der Waals surface area contributed by atoms with Crippen LogP contribution >= 0.6 is 0 Å². The van der Waals surface area contributed by atoms with Crippen LogP contribution in [0.25, 0.3) is 32.9 Å². The molecule has 2 bridgehead atoms. The van der Waals surface area contributed by atoms with Crippen molar-refractivity contribution >= 4 is 39.3 Å². The van der Waals surface area contributed by atoms with E-state index in [9.17, 15) is 19.1 Å². The highest BCUT2D eigenvalue weighted by Gasteiger charge is 2.35. The average molecular weight is 758 g/mol. The molecule has 6 heterocycles. The summed E-state index contributed by atoms with van der Waals surface area (Å²) in [6, 6.07) is 14.1. The van der Waals surface area contributed by atoms with Crippen molar-refractivity contribution in [2.24, 2.45) is 5.92 Å². The fourth-order valence-corrected chi connectivity index (χ4v) is 8.99. The number of anilines is 1. The van der Waals surface area contributed by atoms with Gasteiger partial charge in [-0.2, -0.15) is 9.97 Å². The predicted octanol–water partition coefficient (Wildman–Crippen LogP) is 5.56. The van der Waals surface area contributed by atoms with E-state index in [1.54, 1.807) is 0 Å². The molecule has 4 aliphatic rings. The number of aromatic hydroxyl groups is 1. The number of nitrogens with zero attached hydrogens (tertiary/aromatic N) is 5. The molecule has 0 aliphatic carbocycles. The number of amides is 2. The van der Waals surface area contributed by atoms with Gasteiger partial charge in [0.2, 0.25) is 11.8 Å². The zero-order valence-electron chi connectivity index (χ0n) is 30.7. The molecule has 2 amide bonds. The van der Waals surface area contributed by atoms with E-state index in [1.807, 2.05) is 18.2 Å². The van der Waals surface area contributed by atoms with Crippen LogP contribution in [0.15, 0.2) is 54.7 Å². The van der Waals surface area contributed by atoms with Crippen LogP contribution in [0.2, 0.25) is 0 Å². The van der Waals surface area contributed by atoms with Crippen molar-refractivity contribution in [1.29, 1.82) is 0 Å². The number of piperidine rings is 2. The second kappa shape index (κ2) is 14.7. The molecule has 3 aromatic carbocycles. The molecule has 4 aliphatic heterocycles. The number of fused-ring (bicyclic) bond motifs is 4. The first-order valence-electron chi connectivity index (χ1n) is 19.3. The average Bonchev–Trinajstić information content (AvgIpc) is 3.54. The van der Waals surface area contributed by atoms with Gasteiger partial charge in [0.25, 0.3) is 0 Å². The number of halogens is 2. The maximum atomic E-state index is 16.9. The lowest BCUT2D eigenvalue weighted by molar-refractivity contribution is -0.134. The molecule has 4 saturated heterocycles. The first-order chi connectivity index (χ1) is 27.2. The van der Waals surface area contributed by atoms with Gasteiger partial charge >= 0.3 is 6.01 Å². The Morgan fingerprint density at radius 1 is 0.982 bits per heavy atom. The quantitative estimate of drug-likeness (QED) is 0.137. The number of phenolic OH excluding ortho intramolecular Hbond substituents is 1. The van der Waals surface area contributed by atoms with E-state index in [2.05, 4.69) is 42.4 Å². The number of piperazine rings is 1. The van der Waals surface area contributed by atoms with Crippen molar-refractivity contribution in [3.8, 4) is 35.4 Å². The Morgan fingerprint density at radius 3 is 2.54 bits per heavy atom. The molecule has 5 aromatic rings. The van der Waals surface area contributed by atoms with Crippen molar-refractivity contribution in [3.05, 3.63) is 83.1 Å². The fourth-order valence-electron chi connectivity index (χ4n) is 8.99. The van der Waals surface area contributed by atoms with E-state index in [1.165, 1.54) is 30.5 Å². The van der Waals surface area contributed by atoms with Gasteiger partial charge in [-0.15, -0.1) is 6.42 Å². The number of nitrogens with one attached hydrogen (secondary N) is 2. The zero-order chi connectivity index (χ0) is 38.5. The van der Waals surface area contributed by atoms with Crippen molar-refractivity contribution in [1.82, 2.24) is 30.5 Å². The van der Waals surface area contributed by atoms with Gasteiger partial charge in [0.15, 0.2) is 5.82 Å². The summed E-state index contributed by atoms with van der Waals surface area (Å²) in [6.07, 6.45) is 11.9. The van der Waals surface area contributed by atoms with E-state index in [0.717, 1.165) is 49.9 Å². The Bertz CT molecular complexity index is 2420. The van der Waals surface area contributed by atoms with Gasteiger partial charge in [-0.05, 0) is 85.8 Å². The number of likely N-dealkylation sites (tertiary alicyclic amines) is 1. The number of carbonyl (C=O) groups is 2. The van der Waals surface area contributed by atoms with Crippen LogP contribution in [-0.2, 0) is 16.1 Å². The van der Waals surface area contributed by atoms with Crippen LogP contribution in [0, 0.1) is 29.9 Å². The van der Waals surface area contributed by atoms with Gasteiger partial charge in [-0.25, -0.2) is 8.78 Å². The first kappa shape index (κ1) is 36.0. The number of aromatic nitrogens is 3. The van der Waals surface area contributed by atoms with Gasteiger partial charge in [0.1, 0.15) is 28.6 Å². The Balaban J connectivity index is 0.976. The normalized spacial score (nSPS) is 21.7. The Hall–Kier alpha value is -5.71. The highest BCUT2D eigenvalue weighted by molar-refractivity contribution is 6.03. The Morgan fingerprint density at radius 2 is 1.77 bits per heavy atom. The van der Waals surface area contributed by atoms with Crippen LogP contribution in [0.3, 0.4) is 0 Å². The van der Waals surface area contributed by atoms with Gasteiger partial charge in [-0.3, -0.25) is 24.8 Å².